The minimum absolute atomic E-state index is 0.992. The predicted octanol–water partition coefficient (Wildman–Crippen LogP) is 5.53. The topological polar surface area (TPSA) is 0 Å². The van der Waals surface area contributed by atoms with Gasteiger partial charge in [-0.05, 0) is 24.5 Å². The largest absolute Gasteiger partial charge is 0.0877 e. The van der Waals surface area contributed by atoms with Gasteiger partial charge in [0.15, 0.2) is 0 Å². The van der Waals surface area contributed by atoms with Crippen LogP contribution in [0.4, 0.5) is 0 Å². The van der Waals surface area contributed by atoms with Gasteiger partial charge >= 0.3 is 0 Å². The van der Waals surface area contributed by atoms with Gasteiger partial charge in [0.25, 0.3) is 0 Å². The molecule has 0 fully saturated rings. The van der Waals surface area contributed by atoms with Gasteiger partial charge in [0.05, 0.1) is 0 Å². The summed E-state index contributed by atoms with van der Waals surface area (Å²) in [5, 5.41) is 0. The second-order valence-electron chi connectivity index (χ2n) is 3.67. The summed E-state index contributed by atoms with van der Waals surface area (Å²) in [6, 6.07) is 0. The third kappa shape index (κ3) is 12.4. The summed E-state index contributed by atoms with van der Waals surface area (Å²) in [6.45, 7) is 2.27. The lowest BCUT2D eigenvalue weighted by molar-refractivity contribution is 0.592. The van der Waals surface area contributed by atoms with E-state index < -0.39 is 0 Å². The van der Waals surface area contributed by atoms with Gasteiger partial charge in [-0.15, -0.1) is 0 Å². The second kappa shape index (κ2) is 13.4. The molecule has 0 saturated carbocycles. The summed E-state index contributed by atoms with van der Waals surface area (Å²) < 4.78 is 0. The first kappa shape index (κ1) is 14.4. The van der Waals surface area contributed by atoms with Crippen molar-refractivity contribution in [3.63, 3.8) is 0 Å². The van der Waals surface area contributed by atoms with E-state index in [9.17, 15) is 0 Å². The van der Waals surface area contributed by atoms with Crippen molar-refractivity contribution >= 4 is 22.5 Å². The van der Waals surface area contributed by atoms with Crippen LogP contribution < -0.4 is 0 Å². The van der Waals surface area contributed by atoms with Crippen LogP contribution in [0.1, 0.15) is 58.3 Å². The highest BCUT2D eigenvalue weighted by Crippen LogP contribution is 2.09. The Hall–Kier alpha value is 0.440. The molecule has 83 valence electrons. The molecule has 0 unspecified atom stereocenters. The lowest BCUT2D eigenvalue weighted by atomic mass is 10.1. The monoisotopic (exact) mass is 231 g/mol. The average Bonchev–Trinajstić information content (AvgIpc) is 2.21. The molecule has 0 aromatic carbocycles. The number of allylic oxidation sites excluding steroid dienone is 1. The van der Waals surface area contributed by atoms with Gasteiger partial charge in [-0.3, -0.25) is 0 Å². The van der Waals surface area contributed by atoms with E-state index >= 15 is 0 Å². The van der Waals surface area contributed by atoms with Gasteiger partial charge in [0, 0.05) is 5.75 Å². The Morgan fingerprint density at radius 1 is 0.929 bits per heavy atom. The maximum absolute atomic E-state index is 4.78. The van der Waals surface area contributed by atoms with Crippen molar-refractivity contribution in [3.05, 3.63) is 12.2 Å². The molecule has 0 nitrogen and oxygen atoms in total. The highest BCUT2D eigenvalue weighted by molar-refractivity contribution is 8.68. The molecule has 0 heterocycles. The first-order valence-electron chi connectivity index (χ1n) is 5.81. The maximum atomic E-state index is 4.78. The zero-order valence-electron chi connectivity index (χ0n) is 9.34. The molecule has 0 aromatic heterocycles. The van der Waals surface area contributed by atoms with Crippen LogP contribution in [0, 0.1) is 0 Å². The van der Waals surface area contributed by atoms with Gasteiger partial charge in [0.1, 0.15) is 0 Å². The first-order valence-corrected chi connectivity index (χ1v) is 7.72. The average molecular weight is 231 g/mol. The molecule has 0 saturated heterocycles. The molecule has 14 heavy (non-hydrogen) atoms. The molecular formula is C12H23S2. The smallest absolute Gasteiger partial charge is 0.0226 e. The number of hydrogen-bond acceptors (Lipinski definition) is 1. The van der Waals surface area contributed by atoms with E-state index in [1.54, 1.807) is 0 Å². The number of hydrogen-bond donors (Lipinski definition) is 0. The van der Waals surface area contributed by atoms with E-state index in [1.807, 2.05) is 0 Å². The van der Waals surface area contributed by atoms with Crippen molar-refractivity contribution < 1.29 is 0 Å². The molecule has 0 amide bonds. The molecule has 0 aliphatic carbocycles. The number of rotatable bonds is 10. The van der Waals surface area contributed by atoms with Crippen LogP contribution in [0.25, 0.3) is 0 Å². The van der Waals surface area contributed by atoms with Crippen LogP contribution in [0.3, 0.4) is 0 Å². The third-order valence-electron chi connectivity index (χ3n) is 2.31. The zero-order valence-corrected chi connectivity index (χ0v) is 11.0. The summed E-state index contributed by atoms with van der Waals surface area (Å²) >= 11 is 4.78. The quantitative estimate of drug-likeness (QED) is 0.271. The zero-order chi connectivity index (χ0) is 10.5. The van der Waals surface area contributed by atoms with Crippen LogP contribution in [-0.2, 0) is 0 Å². The van der Waals surface area contributed by atoms with E-state index in [-0.39, 0.29) is 0 Å². The van der Waals surface area contributed by atoms with Gasteiger partial charge in [-0.1, -0.05) is 68.4 Å². The van der Waals surface area contributed by atoms with Crippen molar-refractivity contribution in [3.8, 4) is 0 Å². The van der Waals surface area contributed by atoms with E-state index in [2.05, 4.69) is 19.1 Å². The Bertz CT molecular complexity index is 121. The van der Waals surface area contributed by atoms with Crippen molar-refractivity contribution in [1.82, 2.24) is 0 Å². The summed E-state index contributed by atoms with van der Waals surface area (Å²) in [6.07, 6.45) is 15.5. The minimum Gasteiger partial charge on any atom is -0.0877 e. The van der Waals surface area contributed by atoms with E-state index in [0.717, 1.165) is 5.75 Å². The highest BCUT2D eigenvalue weighted by Gasteiger charge is 1.88. The standard InChI is InChI=1S/C12H23S2/c1-2-3-4-5-6-7-8-9-10-11-12-14-13/h10-11H,2-9,12H2,1H3. The maximum Gasteiger partial charge on any atom is 0.0226 e. The fraction of sp³-hybridized carbons (Fsp3) is 0.833. The second-order valence-corrected chi connectivity index (χ2v) is 4.94. The lowest BCUT2D eigenvalue weighted by Gasteiger charge is -1.98. The van der Waals surface area contributed by atoms with Crippen LogP contribution in [-0.4, -0.2) is 5.75 Å². The molecule has 0 spiro atoms. The van der Waals surface area contributed by atoms with Crippen LogP contribution in [0.5, 0.6) is 0 Å². The Morgan fingerprint density at radius 3 is 2.21 bits per heavy atom. The predicted molar refractivity (Wildman–Crippen MR) is 71.8 cm³/mol. The molecule has 0 atom stereocenters. The molecular weight excluding hydrogens is 208 g/mol. The van der Waals surface area contributed by atoms with Gasteiger partial charge < -0.3 is 0 Å². The Labute approximate surface area is 98.7 Å². The van der Waals surface area contributed by atoms with Crippen LogP contribution >= 0.6 is 22.5 Å². The Morgan fingerprint density at radius 2 is 1.57 bits per heavy atom. The van der Waals surface area contributed by atoms with Crippen LogP contribution in [0.15, 0.2) is 12.2 Å². The molecule has 0 N–H and O–H groups in total. The van der Waals surface area contributed by atoms with Crippen LogP contribution in [0.2, 0.25) is 0 Å². The molecule has 0 aliphatic rings. The van der Waals surface area contributed by atoms with Crippen molar-refractivity contribution in [2.45, 2.75) is 58.3 Å². The summed E-state index contributed by atoms with van der Waals surface area (Å²) in [5.74, 6) is 0.992. The third-order valence-corrected chi connectivity index (χ3v) is 3.04. The van der Waals surface area contributed by atoms with Gasteiger partial charge in [-0.25, -0.2) is 0 Å². The molecule has 0 rings (SSSR count). The Balaban J connectivity index is 2.91. The molecule has 0 aromatic rings. The fourth-order valence-electron chi connectivity index (χ4n) is 1.44. The van der Waals surface area contributed by atoms with Crippen molar-refractivity contribution in [2.75, 3.05) is 5.75 Å². The van der Waals surface area contributed by atoms with E-state index in [4.69, 9.17) is 11.7 Å². The van der Waals surface area contributed by atoms with Crippen molar-refractivity contribution in [2.24, 2.45) is 0 Å². The van der Waals surface area contributed by atoms with E-state index in [0.29, 0.717) is 0 Å². The molecule has 1 radical (unpaired) electrons. The first-order chi connectivity index (χ1) is 6.91. The molecule has 2 heteroatoms. The Kier molecular flexibility index (Phi) is 13.9. The minimum atomic E-state index is 0.992. The summed E-state index contributed by atoms with van der Waals surface area (Å²) in [7, 11) is 1.48. The van der Waals surface area contributed by atoms with Gasteiger partial charge in [0.2, 0.25) is 0 Å². The SMILES string of the molecule is CCCCCCCCCC=CCS[S]. The normalized spacial score (nSPS) is 11.3. The number of unbranched alkanes of at least 4 members (excludes halogenated alkanes) is 7. The van der Waals surface area contributed by atoms with E-state index in [1.165, 1.54) is 62.2 Å². The molecule has 0 bridgehead atoms. The molecule has 0 aliphatic heterocycles. The summed E-state index contributed by atoms with van der Waals surface area (Å²) in [4.78, 5) is 0. The van der Waals surface area contributed by atoms with Crippen molar-refractivity contribution in [1.29, 1.82) is 0 Å². The van der Waals surface area contributed by atoms with Gasteiger partial charge in [-0.2, -0.15) is 0 Å². The fourth-order valence-corrected chi connectivity index (χ4v) is 1.89. The summed E-state index contributed by atoms with van der Waals surface area (Å²) in [5.41, 5.74) is 0. The highest BCUT2D eigenvalue weighted by atomic mass is 33.1. The lowest BCUT2D eigenvalue weighted by Crippen LogP contribution is -1.79.